The molecule has 1 atom stereocenters. The molecule has 0 spiro atoms. The highest BCUT2D eigenvalue weighted by Crippen LogP contribution is 2.32. The fourth-order valence-electron chi connectivity index (χ4n) is 1.92. The van der Waals surface area contributed by atoms with Crippen molar-refractivity contribution in [3.8, 4) is 0 Å². The lowest BCUT2D eigenvalue weighted by atomic mass is 9.90. The molecule has 0 aliphatic heterocycles. The van der Waals surface area contributed by atoms with Crippen LogP contribution in [-0.4, -0.2) is 45.3 Å². The summed E-state index contributed by atoms with van der Waals surface area (Å²) in [6.45, 7) is 1.95. The fraction of sp³-hybridized carbons (Fsp3) is 0.385. The fourth-order valence-corrected chi connectivity index (χ4v) is 1.92. The molecule has 106 valence electrons. The van der Waals surface area contributed by atoms with Crippen LogP contribution in [0.25, 0.3) is 5.57 Å². The van der Waals surface area contributed by atoms with Crippen molar-refractivity contribution in [2.45, 2.75) is 18.9 Å². The van der Waals surface area contributed by atoms with Crippen molar-refractivity contribution < 1.29 is 19.4 Å². The van der Waals surface area contributed by atoms with Gasteiger partial charge in [-0.15, -0.1) is 0 Å². The lowest BCUT2D eigenvalue weighted by molar-refractivity contribution is -0.163. The number of carbonyl (C=O) groups is 1. The summed E-state index contributed by atoms with van der Waals surface area (Å²) < 4.78 is 10.2. The molecule has 0 aromatic carbocycles. The highest BCUT2D eigenvalue weighted by atomic mass is 16.6. The number of aliphatic hydroxyl groups is 1. The number of carbonyl (C=O) groups excluding carboxylic acids is 1. The molecule has 1 aromatic rings. The Morgan fingerprint density at radius 3 is 2.70 bits per heavy atom. The number of nitrogens with zero attached hydrogens (tertiary/aromatic N) is 3. The van der Waals surface area contributed by atoms with Crippen LogP contribution in [0.1, 0.15) is 19.2 Å². The topological polar surface area (TPSA) is 94.4 Å². The van der Waals surface area contributed by atoms with Gasteiger partial charge in [0.2, 0.25) is 0 Å². The van der Waals surface area contributed by atoms with Crippen molar-refractivity contribution in [2.75, 3.05) is 13.7 Å². The van der Waals surface area contributed by atoms with Gasteiger partial charge in [0, 0.05) is 13.5 Å². The van der Waals surface area contributed by atoms with Gasteiger partial charge in [0.15, 0.2) is 11.4 Å². The Morgan fingerprint density at radius 2 is 2.15 bits per heavy atom. The maximum absolute atomic E-state index is 12.0. The number of rotatable bonds is 4. The van der Waals surface area contributed by atoms with E-state index in [1.807, 2.05) is 0 Å². The number of esters is 1. The lowest BCUT2D eigenvalue weighted by Gasteiger charge is -2.29. The Hall–Kier alpha value is -2.28. The first-order valence-corrected chi connectivity index (χ1v) is 6.09. The Kier molecular flexibility index (Phi) is 4.09. The van der Waals surface area contributed by atoms with Crippen LogP contribution < -0.4 is 0 Å². The minimum atomic E-state index is -1.31. The van der Waals surface area contributed by atoms with Crippen molar-refractivity contribution >= 4 is 11.5 Å². The summed E-state index contributed by atoms with van der Waals surface area (Å²) in [6.07, 6.45) is 5.73. The first kappa shape index (κ1) is 14.1. The summed E-state index contributed by atoms with van der Waals surface area (Å²) in [4.78, 5) is 23.6. The van der Waals surface area contributed by atoms with E-state index in [-0.39, 0.29) is 18.8 Å². The zero-order valence-electron chi connectivity index (χ0n) is 11.2. The zero-order chi connectivity index (χ0) is 14.6. The van der Waals surface area contributed by atoms with E-state index >= 15 is 0 Å². The maximum atomic E-state index is 12.0. The predicted molar refractivity (Wildman–Crippen MR) is 69.5 cm³/mol. The number of hydrogen-bond acceptors (Lipinski definition) is 7. The molecule has 1 N–H and O–H groups in total. The molecule has 2 rings (SSSR count). The molecule has 0 bridgehead atoms. The van der Waals surface area contributed by atoms with E-state index < -0.39 is 11.6 Å². The van der Waals surface area contributed by atoms with Crippen molar-refractivity contribution in [3.05, 3.63) is 36.4 Å². The minimum absolute atomic E-state index is 0.0279. The Bertz CT molecular complexity index is 556. The summed E-state index contributed by atoms with van der Waals surface area (Å²) in [5.41, 5.74) is -0.874. The van der Waals surface area contributed by atoms with Crippen LogP contribution in [0.3, 0.4) is 0 Å². The second kappa shape index (κ2) is 5.79. The highest BCUT2D eigenvalue weighted by Gasteiger charge is 2.41. The van der Waals surface area contributed by atoms with Gasteiger partial charge in [-0.2, -0.15) is 0 Å². The molecule has 1 unspecified atom stereocenters. The van der Waals surface area contributed by atoms with Gasteiger partial charge in [0.05, 0.1) is 12.2 Å². The molecule has 1 aliphatic rings. The quantitative estimate of drug-likeness (QED) is 0.822. The summed E-state index contributed by atoms with van der Waals surface area (Å²) in [6, 6.07) is 0. The third-order valence-corrected chi connectivity index (χ3v) is 2.98. The van der Waals surface area contributed by atoms with Crippen LogP contribution in [0.5, 0.6) is 0 Å². The molecule has 0 saturated carbocycles. The van der Waals surface area contributed by atoms with Gasteiger partial charge in [0.25, 0.3) is 0 Å². The molecule has 0 amide bonds. The normalized spacial score (nSPS) is 21.9. The van der Waals surface area contributed by atoms with Crippen LogP contribution in [0.4, 0.5) is 0 Å². The van der Waals surface area contributed by atoms with Crippen molar-refractivity contribution in [1.82, 2.24) is 15.0 Å². The molecule has 20 heavy (non-hydrogen) atoms. The molecular formula is C13H15N3O4. The number of methoxy groups -OCH3 is 1. The third kappa shape index (κ3) is 2.53. The second-order valence-electron chi connectivity index (χ2n) is 4.15. The summed E-state index contributed by atoms with van der Waals surface area (Å²) in [5.74, 6) is -0.240. The molecule has 0 fully saturated rings. The van der Waals surface area contributed by atoms with E-state index in [0.717, 1.165) is 0 Å². The van der Waals surface area contributed by atoms with Crippen LogP contribution in [0, 0.1) is 0 Å². The van der Waals surface area contributed by atoms with Gasteiger partial charge in [-0.25, -0.2) is 19.7 Å². The molecule has 7 nitrogen and oxygen atoms in total. The van der Waals surface area contributed by atoms with Crippen molar-refractivity contribution in [3.63, 3.8) is 0 Å². The SMILES string of the molecule is CCOC(=O)C1(OC)C=CC(c2ncncn2)=C(O)C1. The molecule has 1 aromatic heterocycles. The third-order valence-electron chi connectivity index (χ3n) is 2.98. The summed E-state index contributed by atoms with van der Waals surface area (Å²) in [7, 11) is 1.39. The van der Waals surface area contributed by atoms with E-state index in [0.29, 0.717) is 11.4 Å². The molecule has 0 radical (unpaired) electrons. The number of ether oxygens (including phenoxy) is 2. The lowest BCUT2D eigenvalue weighted by Crippen LogP contribution is -2.42. The van der Waals surface area contributed by atoms with Crippen molar-refractivity contribution in [2.24, 2.45) is 0 Å². The predicted octanol–water partition coefficient (Wildman–Crippen LogP) is 1.05. The Morgan fingerprint density at radius 1 is 1.45 bits per heavy atom. The minimum Gasteiger partial charge on any atom is -0.511 e. The molecule has 0 saturated heterocycles. The summed E-state index contributed by atoms with van der Waals surface area (Å²) >= 11 is 0. The highest BCUT2D eigenvalue weighted by molar-refractivity contribution is 5.86. The number of aliphatic hydroxyl groups excluding tert-OH is 1. The first-order chi connectivity index (χ1) is 9.63. The Balaban J connectivity index is 2.30. The number of aromatic nitrogens is 3. The van der Waals surface area contributed by atoms with E-state index in [1.165, 1.54) is 19.8 Å². The Labute approximate surface area is 116 Å². The van der Waals surface area contributed by atoms with Crippen LogP contribution >= 0.6 is 0 Å². The van der Waals surface area contributed by atoms with E-state index in [1.54, 1.807) is 19.1 Å². The maximum Gasteiger partial charge on any atom is 0.342 e. The van der Waals surface area contributed by atoms with Crippen molar-refractivity contribution in [1.29, 1.82) is 0 Å². The smallest absolute Gasteiger partial charge is 0.342 e. The molecule has 7 heteroatoms. The summed E-state index contributed by atoms with van der Waals surface area (Å²) in [5, 5.41) is 10.1. The van der Waals surface area contributed by atoms with Gasteiger partial charge in [0.1, 0.15) is 18.4 Å². The van der Waals surface area contributed by atoms with Crippen LogP contribution in [0.15, 0.2) is 30.6 Å². The second-order valence-corrected chi connectivity index (χ2v) is 4.15. The van der Waals surface area contributed by atoms with Gasteiger partial charge >= 0.3 is 5.97 Å². The van der Waals surface area contributed by atoms with Gasteiger partial charge < -0.3 is 14.6 Å². The van der Waals surface area contributed by atoms with E-state index in [9.17, 15) is 9.90 Å². The average Bonchev–Trinajstić information content (AvgIpc) is 2.48. The molecular weight excluding hydrogens is 262 g/mol. The number of hydrogen-bond donors (Lipinski definition) is 1. The van der Waals surface area contributed by atoms with Crippen LogP contribution in [0.2, 0.25) is 0 Å². The van der Waals surface area contributed by atoms with E-state index in [4.69, 9.17) is 9.47 Å². The van der Waals surface area contributed by atoms with Gasteiger partial charge in [-0.1, -0.05) is 0 Å². The molecule has 1 heterocycles. The van der Waals surface area contributed by atoms with Gasteiger partial charge in [-0.3, -0.25) is 0 Å². The zero-order valence-corrected chi connectivity index (χ0v) is 11.2. The first-order valence-electron chi connectivity index (χ1n) is 6.09. The van der Waals surface area contributed by atoms with Crippen LogP contribution in [-0.2, 0) is 14.3 Å². The average molecular weight is 277 g/mol. The monoisotopic (exact) mass is 277 g/mol. The standard InChI is InChI=1S/C13H15N3O4/c1-3-20-12(18)13(19-2)5-4-9(10(17)6-13)11-15-7-14-8-16-11/h4-5,7-8,17H,3,6H2,1-2H3. The molecule has 1 aliphatic carbocycles. The van der Waals surface area contributed by atoms with E-state index in [2.05, 4.69) is 15.0 Å². The van der Waals surface area contributed by atoms with Gasteiger partial charge in [-0.05, 0) is 19.1 Å². The largest absolute Gasteiger partial charge is 0.511 e. The number of allylic oxidation sites excluding steroid dienone is 2.